The van der Waals surface area contributed by atoms with E-state index in [9.17, 15) is 26.4 Å². The van der Waals surface area contributed by atoms with Crippen LogP contribution in [0.2, 0.25) is 0 Å². The van der Waals surface area contributed by atoms with Gasteiger partial charge in [0.15, 0.2) is 5.82 Å². The molecule has 31 heavy (non-hydrogen) atoms. The summed E-state index contributed by atoms with van der Waals surface area (Å²) < 4.78 is 71.9. The van der Waals surface area contributed by atoms with E-state index in [1.54, 1.807) is 6.92 Å². The van der Waals surface area contributed by atoms with Gasteiger partial charge in [-0.15, -0.1) is 13.2 Å². The highest BCUT2D eigenvalue weighted by atomic mass is 32.2. The van der Waals surface area contributed by atoms with E-state index < -0.39 is 28.2 Å². The number of urea groups is 1. The fourth-order valence-corrected chi connectivity index (χ4v) is 3.35. The average molecular weight is 456 g/mol. The van der Waals surface area contributed by atoms with E-state index in [0.29, 0.717) is 5.76 Å². The molecule has 0 fully saturated rings. The van der Waals surface area contributed by atoms with E-state index in [0.717, 1.165) is 12.1 Å². The molecule has 1 aromatic heterocycles. The number of nitrogens with one attached hydrogen (secondary N) is 3. The second-order valence-electron chi connectivity index (χ2n) is 6.10. The zero-order chi connectivity index (χ0) is 22.6. The molecule has 1 heterocycles. The lowest BCUT2D eigenvalue weighted by Crippen LogP contribution is -2.20. The van der Waals surface area contributed by atoms with Crippen LogP contribution in [-0.4, -0.2) is 26.0 Å². The van der Waals surface area contributed by atoms with Gasteiger partial charge in [0.05, 0.1) is 4.90 Å². The minimum absolute atomic E-state index is 0.0331. The van der Waals surface area contributed by atoms with Crippen molar-refractivity contribution in [3.63, 3.8) is 0 Å². The van der Waals surface area contributed by atoms with Crippen LogP contribution in [0, 0.1) is 6.92 Å². The van der Waals surface area contributed by atoms with Crippen LogP contribution in [-0.2, 0) is 10.0 Å². The number of anilines is 3. The number of aryl methyl sites for hydroxylation is 1. The Labute approximate surface area is 174 Å². The first-order valence-corrected chi connectivity index (χ1v) is 9.98. The number of ether oxygens (including phenoxy) is 1. The minimum Gasteiger partial charge on any atom is -0.406 e. The monoisotopic (exact) mass is 456 g/mol. The second-order valence-corrected chi connectivity index (χ2v) is 7.79. The molecule has 0 spiro atoms. The van der Waals surface area contributed by atoms with Crippen molar-refractivity contribution in [3.8, 4) is 5.75 Å². The van der Waals surface area contributed by atoms with E-state index in [4.69, 9.17) is 4.52 Å². The van der Waals surface area contributed by atoms with Gasteiger partial charge < -0.3 is 19.9 Å². The van der Waals surface area contributed by atoms with Gasteiger partial charge in [0.2, 0.25) is 0 Å². The normalized spacial score (nSPS) is 11.6. The summed E-state index contributed by atoms with van der Waals surface area (Å²) in [7, 11) is -3.90. The second kappa shape index (κ2) is 8.55. The number of nitrogens with zero attached hydrogens (tertiary/aromatic N) is 1. The van der Waals surface area contributed by atoms with Crippen LogP contribution in [0.5, 0.6) is 5.75 Å². The van der Waals surface area contributed by atoms with Crippen molar-refractivity contribution >= 4 is 33.2 Å². The van der Waals surface area contributed by atoms with Gasteiger partial charge in [0.25, 0.3) is 10.0 Å². The summed E-state index contributed by atoms with van der Waals surface area (Å²) >= 11 is 0. The summed E-state index contributed by atoms with van der Waals surface area (Å²) in [4.78, 5) is 12.0. The van der Waals surface area contributed by atoms with Gasteiger partial charge in [0, 0.05) is 17.4 Å². The predicted molar refractivity (Wildman–Crippen MR) is 104 cm³/mol. The number of hydrogen-bond donors (Lipinski definition) is 3. The molecule has 0 radical (unpaired) electrons. The highest BCUT2D eigenvalue weighted by Gasteiger charge is 2.31. The molecule has 2 amide bonds. The number of hydrogen-bond acceptors (Lipinski definition) is 6. The van der Waals surface area contributed by atoms with Gasteiger partial charge in [-0.3, -0.25) is 4.72 Å². The molecule has 0 atom stereocenters. The Kier molecular flexibility index (Phi) is 6.06. The Bertz CT molecular complexity index is 1160. The molecule has 0 bridgehead atoms. The summed E-state index contributed by atoms with van der Waals surface area (Å²) in [6.45, 7) is 1.61. The van der Waals surface area contributed by atoms with Crippen molar-refractivity contribution in [2.45, 2.75) is 18.2 Å². The van der Waals surface area contributed by atoms with Crippen LogP contribution < -0.4 is 20.1 Å². The molecule has 0 saturated heterocycles. The molecule has 0 aliphatic rings. The van der Waals surface area contributed by atoms with Crippen LogP contribution >= 0.6 is 0 Å². The topological polar surface area (TPSA) is 123 Å². The lowest BCUT2D eigenvalue weighted by molar-refractivity contribution is -0.274. The summed E-state index contributed by atoms with van der Waals surface area (Å²) in [6, 6.07) is 10.6. The van der Waals surface area contributed by atoms with Gasteiger partial charge in [-0.1, -0.05) is 5.16 Å². The average Bonchev–Trinajstić information content (AvgIpc) is 3.06. The molecular weight excluding hydrogens is 441 g/mol. The number of carbonyl (C=O) groups excluding carboxylic acids is 1. The number of halogens is 3. The molecule has 164 valence electrons. The molecule has 0 aliphatic heterocycles. The van der Waals surface area contributed by atoms with Gasteiger partial charge in [-0.2, -0.15) is 0 Å². The molecule has 9 nitrogen and oxygen atoms in total. The first kappa shape index (κ1) is 22.0. The third-order valence-electron chi connectivity index (χ3n) is 3.64. The summed E-state index contributed by atoms with van der Waals surface area (Å²) in [5.41, 5.74) is 0.504. The molecule has 3 N–H and O–H groups in total. The quantitative estimate of drug-likeness (QED) is 0.508. The van der Waals surface area contributed by atoms with Crippen LogP contribution in [0.3, 0.4) is 0 Å². The van der Waals surface area contributed by atoms with E-state index in [-0.39, 0.29) is 22.1 Å². The van der Waals surface area contributed by atoms with Crippen molar-refractivity contribution in [1.29, 1.82) is 0 Å². The van der Waals surface area contributed by atoms with Crippen LogP contribution in [0.25, 0.3) is 0 Å². The number of rotatable bonds is 6. The Balaban J connectivity index is 1.58. The Morgan fingerprint density at radius 3 is 2.03 bits per heavy atom. The van der Waals surface area contributed by atoms with Crippen LogP contribution in [0.4, 0.5) is 35.2 Å². The first-order chi connectivity index (χ1) is 14.5. The number of alkyl halides is 3. The number of aromatic nitrogens is 1. The van der Waals surface area contributed by atoms with Gasteiger partial charge in [0.1, 0.15) is 11.5 Å². The minimum atomic E-state index is -4.81. The van der Waals surface area contributed by atoms with Crippen molar-refractivity contribution in [2.75, 3.05) is 15.4 Å². The predicted octanol–water partition coefficient (Wildman–Crippen LogP) is 4.33. The van der Waals surface area contributed by atoms with Crippen molar-refractivity contribution < 1.29 is 35.6 Å². The van der Waals surface area contributed by atoms with Gasteiger partial charge >= 0.3 is 12.4 Å². The zero-order valence-electron chi connectivity index (χ0n) is 15.7. The Morgan fingerprint density at radius 2 is 1.55 bits per heavy atom. The van der Waals surface area contributed by atoms with E-state index >= 15 is 0 Å². The lowest BCUT2D eigenvalue weighted by Gasteiger charge is -2.11. The Hall–Kier alpha value is -3.74. The summed E-state index contributed by atoms with van der Waals surface area (Å²) in [6.07, 6.45) is -4.81. The fourth-order valence-electron chi connectivity index (χ4n) is 2.36. The highest BCUT2D eigenvalue weighted by Crippen LogP contribution is 2.24. The largest absolute Gasteiger partial charge is 0.573 e. The standard InChI is InChI=1S/C18H15F3N4O5S/c1-11-10-16(24-30-11)25-31(27,28)15-8-4-13(5-9-15)23-17(26)22-12-2-6-14(7-3-12)29-18(19,20)21/h2-10H,1H3,(H,24,25)(H2,22,23,26). The van der Waals surface area contributed by atoms with Crippen molar-refractivity contribution in [2.24, 2.45) is 0 Å². The van der Waals surface area contributed by atoms with Crippen LogP contribution in [0.1, 0.15) is 5.76 Å². The van der Waals surface area contributed by atoms with Gasteiger partial charge in [-0.25, -0.2) is 13.2 Å². The fraction of sp³-hybridized carbons (Fsp3) is 0.111. The number of sulfonamides is 1. The third kappa shape index (κ3) is 6.37. The first-order valence-electron chi connectivity index (χ1n) is 8.50. The van der Waals surface area contributed by atoms with Crippen molar-refractivity contribution in [1.82, 2.24) is 5.16 Å². The zero-order valence-corrected chi connectivity index (χ0v) is 16.5. The maximum Gasteiger partial charge on any atom is 0.573 e. The number of benzene rings is 2. The van der Waals surface area contributed by atoms with Crippen molar-refractivity contribution in [3.05, 3.63) is 60.4 Å². The Morgan fingerprint density at radius 1 is 1.00 bits per heavy atom. The number of carbonyl (C=O) groups is 1. The molecule has 3 aromatic rings. The molecule has 0 unspecified atom stereocenters. The molecule has 2 aromatic carbocycles. The number of amides is 2. The smallest absolute Gasteiger partial charge is 0.406 e. The molecular formula is C18H15F3N4O5S. The molecule has 0 aliphatic carbocycles. The summed E-state index contributed by atoms with van der Waals surface area (Å²) in [5.74, 6) is 0.0427. The highest BCUT2D eigenvalue weighted by molar-refractivity contribution is 7.92. The molecule has 0 saturated carbocycles. The lowest BCUT2D eigenvalue weighted by atomic mass is 10.3. The maximum atomic E-state index is 12.3. The summed E-state index contributed by atoms with van der Waals surface area (Å²) in [5, 5.41) is 8.45. The molecule has 3 rings (SSSR count). The van der Waals surface area contributed by atoms with E-state index in [1.807, 2.05) is 0 Å². The van der Waals surface area contributed by atoms with Crippen LogP contribution in [0.15, 0.2) is 64.0 Å². The van der Waals surface area contributed by atoms with Gasteiger partial charge in [-0.05, 0) is 55.5 Å². The third-order valence-corrected chi connectivity index (χ3v) is 5.01. The van der Waals surface area contributed by atoms with E-state index in [1.165, 1.54) is 42.5 Å². The SMILES string of the molecule is Cc1cc(NS(=O)(=O)c2ccc(NC(=O)Nc3ccc(OC(F)(F)F)cc3)cc2)no1. The van der Waals surface area contributed by atoms with E-state index in [2.05, 4.69) is 25.2 Å². The maximum absolute atomic E-state index is 12.3. The molecule has 13 heteroatoms.